The number of hydrogen-bond donors (Lipinski definition) is 1. The minimum absolute atomic E-state index is 0.138. The van der Waals surface area contributed by atoms with E-state index in [1.54, 1.807) is 0 Å². The van der Waals surface area contributed by atoms with E-state index in [1.165, 1.54) is 0 Å². The van der Waals surface area contributed by atoms with Gasteiger partial charge < -0.3 is 10.1 Å². The lowest BCUT2D eigenvalue weighted by atomic mass is 10.2. The molecule has 2 nitrogen and oxygen atoms in total. The second-order valence-corrected chi connectivity index (χ2v) is 6.94. The van der Waals surface area contributed by atoms with Crippen LogP contribution in [0.2, 0.25) is 25.1 Å². The molecule has 7 heteroatoms. The highest BCUT2D eigenvalue weighted by molar-refractivity contribution is 6.55. The molecule has 0 saturated carbocycles. The first kappa shape index (κ1) is 19.5. The molecule has 1 aromatic carbocycles. The molecule has 0 amide bonds. The molecule has 0 aliphatic rings. The van der Waals surface area contributed by atoms with E-state index in [-0.39, 0.29) is 30.9 Å². The molecule has 0 heterocycles. The van der Waals surface area contributed by atoms with Crippen LogP contribution in [0.1, 0.15) is 26.7 Å². The lowest BCUT2D eigenvalue weighted by Gasteiger charge is -2.14. The Morgan fingerprint density at radius 3 is 1.90 bits per heavy atom. The van der Waals surface area contributed by atoms with Crippen molar-refractivity contribution in [2.24, 2.45) is 5.92 Å². The van der Waals surface area contributed by atoms with Crippen molar-refractivity contribution in [1.82, 2.24) is 5.32 Å². The molecule has 0 aliphatic carbocycles. The molecule has 0 saturated heterocycles. The highest BCUT2D eigenvalue weighted by Crippen LogP contribution is 2.48. The maximum absolute atomic E-state index is 6.08. The molecule has 0 atom stereocenters. The van der Waals surface area contributed by atoms with Crippen LogP contribution < -0.4 is 10.1 Å². The topological polar surface area (TPSA) is 21.3 Å². The minimum Gasteiger partial charge on any atom is -0.490 e. The van der Waals surface area contributed by atoms with Crippen LogP contribution >= 0.6 is 58.0 Å². The average molecular weight is 394 g/mol. The predicted octanol–water partition coefficient (Wildman–Crippen LogP) is 6.36. The van der Waals surface area contributed by atoms with Gasteiger partial charge >= 0.3 is 0 Å². The van der Waals surface area contributed by atoms with Crippen LogP contribution in [-0.2, 0) is 0 Å². The van der Waals surface area contributed by atoms with Gasteiger partial charge in [-0.25, -0.2) is 0 Å². The van der Waals surface area contributed by atoms with Crippen molar-refractivity contribution >= 4 is 58.0 Å². The fourth-order valence-electron chi connectivity index (χ4n) is 1.63. The summed E-state index contributed by atoms with van der Waals surface area (Å²) in [5, 5.41) is 4.19. The van der Waals surface area contributed by atoms with Crippen molar-refractivity contribution in [3.63, 3.8) is 0 Å². The molecule has 120 valence electrons. The molecule has 1 N–H and O–H groups in total. The van der Waals surface area contributed by atoms with E-state index >= 15 is 0 Å². The predicted molar refractivity (Wildman–Crippen MR) is 93.9 cm³/mol. The Bertz CT molecular complexity index is 450. The second kappa shape index (κ2) is 9.54. The maximum atomic E-state index is 6.08. The summed E-state index contributed by atoms with van der Waals surface area (Å²) in [6.07, 6.45) is 1.87. The zero-order valence-electron chi connectivity index (χ0n) is 11.9. The van der Waals surface area contributed by atoms with E-state index in [9.17, 15) is 0 Å². The smallest absolute Gasteiger partial charge is 0.159 e. The summed E-state index contributed by atoms with van der Waals surface area (Å²) >= 11 is 30.0. The maximum Gasteiger partial charge on any atom is 0.159 e. The monoisotopic (exact) mass is 391 g/mol. The summed E-state index contributed by atoms with van der Waals surface area (Å²) in [6, 6.07) is 0. The van der Waals surface area contributed by atoms with E-state index in [0.29, 0.717) is 12.5 Å². The molecule has 0 bridgehead atoms. The number of ether oxygens (including phenoxy) is 1. The van der Waals surface area contributed by atoms with E-state index in [2.05, 4.69) is 19.2 Å². The Labute approximate surface area is 151 Å². The SMILES string of the molecule is CC(C)CNCCCCOc1c(Cl)c(Cl)c(Cl)c(Cl)c1Cl. The van der Waals surface area contributed by atoms with Crippen molar-refractivity contribution in [2.75, 3.05) is 19.7 Å². The summed E-state index contributed by atoms with van der Waals surface area (Å²) < 4.78 is 5.59. The number of benzene rings is 1. The second-order valence-electron chi connectivity index (χ2n) is 5.05. The molecular formula is C14H18Cl5NO. The molecule has 0 fully saturated rings. The number of unbranched alkanes of at least 4 members (excludes halogenated alkanes) is 1. The van der Waals surface area contributed by atoms with Crippen LogP contribution in [0.5, 0.6) is 5.75 Å². The van der Waals surface area contributed by atoms with Crippen LogP contribution in [-0.4, -0.2) is 19.7 Å². The fraction of sp³-hybridized carbons (Fsp3) is 0.571. The Kier molecular flexibility index (Phi) is 8.85. The van der Waals surface area contributed by atoms with E-state index in [1.807, 2.05) is 0 Å². The standard InChI is InChI=1S/C14H18Cl5NO/c1-8(2)7-20-5-3-4-6-21-14-12(18)10(16)9(15)11(17)13(14)19/h8,20H,3-7H2,1-2H3. The van der Waals surface area contributed by atoms with Crippen molar-refractivity contribution in [3.05, 3.63) is 25.1 Å². The van der Waals surface area contributed by atoms with Gasteiger partial charge in [-0.2, -0.15) is 0 Å². The van der Waals surface area contributed by atoms with Crippen molar-refractivity contribution in [3.8, 4) is 5.75 Å². The summed E-state index contributed by atoms with van der Waals surface area (Å²) in [7, 11) is 0. The Morgan fingerprint density at radius 1 is 0.857 bits per heavy atom. The van der Waals surface area contributed by atoms with Crippen molar-refractivity contribution in [1.29, 1.82) is 0 Å². The molecule has 21 heavy (non-hydrogen) atoms. The Morgan fingerprint density at radius 2 is 1.38 bits per heavy atom. The zero-order valence-corrected chi connectivity index (χ0v) is 15.7. The zero-order chi connectivity index (χ0) is 16.0. The van der Waals surface area contributed by atoms with Crippen LogP contribution in [0.4, 0.5) is 0 Å². The van der Waals surface area contributed by atoms with Gasteiger partial charge in [-0.05, 0) is 31.8 Å². The van der Waals surface area contributed by atoms with Crippen molar-refractivity contribution < 1.29 is 4.74 Å². The first-order valence-electron chi connectivity index (χ1n) is 6.71. The highest BCUT2D eigenvalue weighted by atomic mass is 35.5. The minimum atomic E-state index is 0.138. The Balaban J connectivity index is 2.46. The molecular weight excluding hydrogens is 375 g/mol. The average Bonchev–Trinajstić information content (AvgIpc) is 2.45. The third-order valence-corrected chi connectivity index (χ3v) is 4.96. The summed E-state index contributed by atoms with van der Waals surface area (Å²) in [6.45, 7) is 6.80. The lowest BCUT2D eigenvalue weighted by molar-refractivity contribution is 0.306. The summed E-state index contributed by atoms with van der Waals surface area (Å²) in [4.78, 5) is 0. The molecule has 1 rings (SSSR count). The first-order chi connectivity index (χ1) is 9.86. The van der Waals surface area contributed by atoms with Gasteiger partial charge in [0, 0.05) is 0 Å². The number of halogens is 5. The van der Waals surface area contributed by atoms with Gasteiger partial charge in [0.1, 0.15) is 10.0 Å². The van der Waals surface area contributed by atoms with Crippen LogP contribution in [0.15, 0.2) is 0 Å². The normalized spacial score (nSPS) is 11.2. The van der Waals surface area contributed by atoms with Crippen LogP contribution in [0.3, 0.4) is 0 Å². The molecule has 0 aliphatic heterocycles. The fourth-order valence-corrected chi connectivity index (χ4v) is 2.86. The Hall–Kier alpha value is 0.430. The molecule has 0 aromatic heterocycles. The molecule has 0 radical (unpaired) electrons. The lowest BCUT2D eigenvalue weighted by Crippen LogP contribution is -2.21. The van der Waals surface area contributed by atoms with Gasteiger partial charge in [-0.3, -0.25) is 0 Å². The van der Waals surface area contributed by atoms with Gasteiger partial charge in [0.25, 0.3) is 0 Å². The van der Waals surface area contributed by atoms with Crippen LogP contribution in [0.25, 0.3) is 0 Å². The third-order valence-electron chi connectivity index (χ3n) is 2.72. The van der Waals surface area contributed by atoms with E-state index < -0.39 is 0 Å². The molecule has 0 unspecified atom stereocenters. The van der Waals surface area contributed by atoms with Crippen molar-refractivity contribution in [2.45, 2.75) is 26.7 Å². The quantitative estimate of drug-likeness (QED) is 0.315. The highest BCUT2D eigenvalue weighted by Gasteiger charge is 2.20. The summed E-state index contributed by atoms with van der Waals surface area (Å²) in [5.74, 6) is 0.935. The molecule has 1 aromatic rings. The number of nitrogens with one attached hydrogen (secondary N) is 1. The number of rotatable bonds is 8. The first-order valence-corrected chi connectivity index (χ1v) is 8.60. The third kappa shape index (κ3) is 5.85. The largest absolute Gasteiger partial charge is 0.490 e. The van der Waals surface area contributed by atoms with Crippen LogP contribution in [0, 0.1) is 5.92 Å². The van der Waals surface area contributed by atoms with E-state index in [0.717, 1.165) is 25.9 Å². The van der Waals surface area contributed by atoms with Gasteiger partial charge in [0.2, 0.25) is 0 Å². The van der Waals surface area contributed by atoms with Gasteiger partial charge in [0.15, 0.2) is 5.75 Å². The van der Waals surface area contributed by atoms with Gasteiger partial charge in [0.05, 0.1) is 21.7 Å². The van der Waals surface area contributed by atoms with Gasteiger partial charge in [-0.15, -0.1) is 0 Å². The number of hydrogen-bond acceptors (Lipinski definition) is 2. The molecule has 0 spiro atoms. The van der Waals surface area contributed by atoms with Gasteiger partial charge in [-0.1, -0.05) is 71.9 Å². The van der Waals surface area contributed by atoms with E-state index in [4.69, 9.17) is 62.7 Å². The summed E-state index contributed by atoms with van der Waals surface area (Å²) in [5.41, 5.74) is 0.